The number of carbonyl (C=O) groups excluding carboxylic acids is 2. The second kappa shape index (κ2) is 14.3. The predicted octanol–water partition coefficient (Wildman–Crippen LogP) is -0.0721. The van der Waals surface area contributed by atoms with Crippen LogP contribution in [-0.4, -0.2) is 11.8 Å². The van der Waals surface area contributed by atoms with Crippen molar-refractivity contribution in [1.82, 2.24) is 0 Å². The molecule has 3 rings (SSSR count). The number of benzene rings is 2. The zero-order valence-electron chi connectivity index (χ0n) is 24.6. The van der Waals surface area contributed by atoms with Crippen molar-refractivity contribution in [2.75, 3.05) is 0 Å². The van der Waals surface area contributed by atoms with Crippen molar-refractivity contribution in [1.29, 1.82) is 0 Å². The summed E-state index contributed by atoms with van der Waals surface area (Å²) in [7, 11) is 0. The van der Waals surface area contributed by atoms with Gasteiger partial charge in [-0.15, -0.1) is 5.75 Å². The molecular weight excluding hydrogens is 494 g/mol. The Morgan fingerprint density at radius 2 is 1.13 bits per heavy atom. The van der Waals surface area contributed by atoms with Gasteiger partial charge in [0.1, 0.15) is 0 Å². The van der Waals surface area contributed by atoms with Crippen LogP contribution in [0.3, 0.4) is 0 Å². The number of allylic oxidation sites excluding steroid dienone is 5. The van der Waals surface area contributed by atoms with Crippen LogP contribution in [0.2, 0.25) is 0 Å². The van der Waals surface area contributed by atoms with E-state index in [9.17, 15) is 19.8 Å². The van der Waals surface area contributed by atoms with Crippen molar-refractivity contribution in [3.8, 4) is 5.75 Å². The normalized spacial score (nSPS) is 13.4. The Labute approximate surface area is 271 Å². The van der Waals surface area contributed by atoms with Gasteiger partial charge in [-0.1, -0.05) is 103 Å². The van der Waals surface area contributed by atoms with Crippen LogP contribution in [-0.2, 0) is 4.79 Å². The molecule has 0 heterocycles. The molecule has 1 aliphatic carbocycles. The molecule has 0 unspecified atom stereocenters. The van der Waals surface area contributed by atoms with Gasteiger partial charge in [0.25, 0.3) is 0 Å². The molecule has 0 saturated carbocycles. The molecule has 0 bridgehead atoms. The fourth-order valence-corrected chi connectivity index (χ4v) is 4.71. The number of aromatic carboxylic acids is 1. The van der Waals surface area contributed by atoms with Gasteiger partial charge in [0.2, 0.25) is 0 Å². The fraction of sp³-hybridized carbons (Fsp3) is 0.375. The van der Waals surface area contributed by atoms with Crippen molar-refractivity contribution in [3.63, 3.8) is 0 Å². The van der Waals surface area contributed by atoms with Crippen molar-refractivity contribution < 1.29 is 78.9 Å². The zero-order chi connectivity index (χ0) is 26.9. The molecule has 38 heavy (non-hydrogen) atoms. The molecule has 4 nitrogen and oxygen atoms in total. The molecule has 6 heteroatoms. The number of carboxylic acids is 1. The van der Waals surface area contributed by atoms with E-state index in [1.165, 1.54) is 6.07 Å². The first kappa shape index (κ1) is 34.6. The van der Waals surface area contributed by atoms with Gasteiger partial charge >= 0.3 is 59.1 Å². The van der Waals surface area contributed by atoms with E-state index in [1.807, 2.05) is 79.7 Å². The second-order valence-electron chi connectivity index (χ2n) is 10.8. The standard InChI is InChI=1S/C32H38O4.2Na/c1-17(2)25-13-21(14-26(18(3)4)30(25)33)29(23-11-9-10-12-24(23)32(35)36)22-15-27(19(5)6)31(34)28(16-22)20(7)8;;/h9-20,33H,1-8H3,(H,35,36);;/q;2*+1/p-2. The SMILES string of the molecule is CC(C)C1=CC(=C(c2cc(C(C)C)c([O-])c(C(C)C)c2)c2ccccc2C(=O)[O-])C=C(C(C)C)C1=O.[Na+].[Na+]. The third kappa shape index (κ3) is 7.21. The van der Waals surface area contributed by atoms with Gasteiger partial charge in [-0.3, -0.25) is 4.79 Å². The van der Waals surface area contributed by atoms with Crippen LogP contribution in [0.15, 0.2) is 65.3 Å². The Bertz CT molecular complexity index is 1240. The van der Waals surface area contributed by atoms with Gasteiger partial charge in [0, 0.05) is 16.7 Å². The van der Waals surface area contributed by atoms with Crippen LogP contribution in [0.5, 0.6) is 5.75 Å². The van der Waals surface area contributed by atoms with Gasteiger partial charge in [-0.05, 0) is 58.1 Å². The minimum atomic E-state index is -1.27. The number of hydrogen-bond donors (Lipinski definition) is 0. The molecule has 0 atom stereocenters. The van der Waals surface area contributed by atoms with Gasteiger partial charge in [-0.25, -0.2) is 0 Å². The van der Waals surface area contributed by atoms with E-state index in [1.54, 1.807) is 18.2 Å². The predicted molar refractivity (Wildman–Crippen MR) is 142 cm³/mol. The summed E-state index contributed by atoms with van der Waals surface area (Å²) < 4.78 is 0. The van der Waals surface area contributed by atoms with E-state index in [0.29, 0.717) is 33.4 Å². The third-order valence-electron chi connectivity index (χ3n) is 6.77. The number of carbonyl (C=O) groups is 2. The molecule has 0 radical (unpaired) electrons. The second-order valence-corrected chi connectivity index (χ2v) is 10.8. The number of carboxylic acid groups (broad SMARTS) is 1. The van der Waals surface area contributed by atoms with Crippen molar-refractivity contribution >= 4 is 17.3 Å². The molecule has 0 spiro atoms. The van der Waals surface area contributed by atoms with Gasteiger partial charge < -0.3 is 15.0 Å². The summed E-state index contributed by atoms with van der Waals surface area (Å²) in [5.74, 6) is -1.25. The minimum Gasteiger partial charge on any atom is -0.872 e. The van der Waals surface area contributed by atoms with Crippen LogP contribution in [0.4, 0.5) is 0 Å². The van der Waals surface area contributed by atoms with Crippen LogP contribution in [0.1, 0.15) is 99.8 Å². The minimum absolute atomic E-state index is 0. The quantitative estimate of drug-likeness (QED) is 0.470. The van der Waals surface area contributed by atoms with Crippen molar-refractivity contribution in [3.05, 3.63) is 93.1 Å². The molecule has 1 aliphatic rings. The molecule has 2 aromatic carbocycles. The maximum atomic E-state index is 13.3. The van der Waals surface area contributed by atoms with Crippen LogP contribution >= 0.6 is 0 Å². The number of ketones is 1. The van der Waals surface area contributed by atoms with Crippen molar-refractivity contribution in [2.24, 2.45) is 11.8 Å². The summed E-state index contributed by atoms with van der Waals surface area (Å²) in [5.41, 5.74) is 5.53. The van der Waals surface area contributed by atoms with Gasteiger partial charge in [0.15, 0.2) is 5.78 Å². The largest absolute Gasteiger partial charge is 1.00 e. The molecule has 0 amide bonds. The first-order valence-electron chi connectivity index (χ1n) is 12.7. The van der Waals surface area contributed by atoms with Crippen LogP contribution in [0.25, 0.3) is 5.57 Å². The summed E-state index contributed by atoms with van der Waals surface area (Å²) in [5, 5.41) is 25.4. The smallest absolute Gasteiger partial charge is 0.872 e. The van der Waals surface area contributed by atoms with Crippen LogP contribution in [0, 0.1) is 11.8 Å². The first-order chi connectivity index (χ1) is 16.8. The molecule has 190 valence electrons. The van der Waals surface area contributed by atoms with Gasteiger partial charge in [-0.2, -0.15) is 0 Å². The summed E-state index contributed by atoms with van der Waals surface area (Å²) in [6.07, 6.45) is 3.77. The number of hydrogen-bond acceptors (Lipinski definition) is 4. The molecular formula is C32H36Na2O4. The zero-order valence-corrected chi connectivity index (χ0v) is 28.6. The maximum Gasteiger partial charge on any atom is 1.00 e. The summed E-state index contributed by atoms with van der Waals surface area (Å²) in [6, 6.07) is 10.5. The number of rotatable bonds is 7. The molecule has 0 aromatic heterocycles. The Morgan fingerprint density at radius 1 is 0.711 bits per heavy atom. The van der Waals surface area contributed by atoms with E-state index in [-0.39, 0.29) is 99.9 Å². The molecule has 2 aromatic rings. The Hall–Kier alpha value is -1.40. The average molecular weight is 531 g/mol. The van der Waals surface area contributed by atoms with Crippen molar-refractivity contribution in [2.45, 2.75) is 67.2 Å². The first-order valence-corrected chi connectivity index (χ1v) is 12.7. The van der Waals surface area contributed by atoms with Gasteiger partial charge in [0.05, 0.1) is 5.97 Å². The monoisotopic (exact) mass is 530 g/mol. The third-order valence-corrected chi connectivity index (χ3v) is 6.77. The Morgan fingerprint density at radius 3 is 1.50 bits per heavy atom. The fourth-order valence-electron chi connectivity index (χ4n) is 4.71. The Kier molecular flexibility index (Phi) is 13.0. The van der Waals surface area contributed by atoms with E-state index in [4.69, 9.17) is 0 Å². The van der Waals surface area contributed by atoms with E-state index >= 15 is 0 Å². The Balaban J connectivity index is 0.00000361. The van der Waals surface area contributed by atoms with Crippen LogP contribution < -0.4 is 69.3 Å². The molecule has 0 N–H and O–H groups in total. The molecule has 0 fully saturated rings. The summed E-state index contributed by atoms with van der Waals surface area (Å²) in [6.45, 7) is 15.9. The molecule has 0 aliphatic heterocycles. The maximum absolute atomic E-state index is 13.3. The summed E-state index contributed by atoms with van der Waals surface area (Å²) >= 11 is 0. The topological polar surface area (TPSA) is 80.3 Å². The van der Waals surface area contributed by atoms with E-state index in [2.05, 4.69) is 0 Å². The summed E-state index contributed by atoms with van der Waals surface area (Å²) in [4.78, 5) is 25.4. The van der Waals surface area contributed by atoms with E-state index in [0.717, 1.165) is 11.1 Å². The number of Topliss-reactive ketones (excluding diaryl/α,β-unsaturated/α-hetero) is 1. The average Bonchev–Trinajstić information content (AvgIpc) is 2.80. The van der Waals surface area contributed by atoms with E-state index < -0.39 is 5.97 Å². The molecule has 0 saturated heterocycles.